The maximum Gasteiger partial charge on any atom is 0.343 e. The van der Waals surface area contributed by atoms with Gasteiger partial charge in [-0.25, -0.2) is 14.4 Å². The van der Waals surface area contributed by atoms with Crippen LogP contribution in [0.25, 0.3) is 0 Å². The Bertz CT molecular complexity index is 1090. The van der Waals surface area contributed by atoms with Crippen molar-refractivity contribution >= 4 is 63.1 Å². The highest BCUT2D eigenvalue weighted by atomic mass is 127. The molecule has 3 aromatic carbocycles. The van der Waals surface area contributed by atoms with E-state index in [4.69, 9.17) is 14.2 Å². The number of hydrogen-bond acceptors (Lipinski definition) is 6. The van der Waals surface area contributed by atoms with E-state index in [1.807, 2.05) is 0 Å². The van der Waals surface area contributed by atoms with Crippen molar-refractivity contribution in [2.75, 3.05) is 7.11 Å². The summed E-state index contributed by atoms with van der Waals surface area (Å²) < 4.78 is 17.4. The average molecular weight is 628 g/mol. The minimum Gasteiger partial charge on any atom is -0.465 e. The Balaban J connectivity index is 1.83. The number of carbonyl (C=O) groups is 3. The van der Waals surface area contributed by atoms with E-state index < -0.39 is 17.9 Å². The van der Waals surface area contributed by atoms with Crippen LogP contribution in [0.4, 0.5) is 0 Å². The highest BCUT2D eigenvalue weighted by Crippen LogP contribution is 2.27. The molecule has 0 atom stereocenters. The van der Waals surface area contributed by atoms with Gasteiger partial charge in [0.05, 0.1) is 18.2 Å². The predicted octanol–water partition coefficient (Wildman–Crippen LogP) is 5.12. The highest BCUT2D eigenvalue weighted by molar-refractivity contribution is 14.1. The lowest BCUT2D eigenvalue weighted by molar-refractivity contribution is 0.0589. The van der Waals surface area contributed by atoms with Crippen molar-refractivity contribution in [2.45, 2.75) is 0 Å². The van der Waals surface area contributed by atoms with Gasteiger partial charge in [0, 0.05) is 7.14 Å². The zero-order valence-corrected chi connectivity index (χ0v) is 19.9. The Labute approximate surface area is 199 Å². The van der Waals surface area contributed by atoms with Crippen LogP contribution < -0.4 is 9.47 Å². The second-order valence-electron chi connectivity index (χ2n) is 5.94. The van der Waals surface area contributed by atoms with Gasteiger partial charge in [-0.15, -0.1) is 0 Å². The van der Waals surface area contributed by atoms with E-state index in [0.29, 0.717) is 11.1 Å². The largest absolute Gasteiger partial charge is 0.465 e. The summed E-state index contributed by atoms with van der Waals surface area (Å²) in [5.41, 5.74) is 0.661. The fourth-order valence-corrected chi connectivity index (χ4v) is 3.15. The molecule has 0 saturated heterocycles. The van der Waals surface area contributed by atoms with Crippen LogP contribution in [-0.4, -0.2) is 25.0 Å². The molecule has 0 aliphatic heterocycles. The minimum atomic E-state index is -0.729. The fraction of sp³-hybridized carbons (Fsp3) is 0.0455. The number of hydrogen-bond donors (Lipinski definition) is 0. The number of rotatable bonds is 5. The van der Waals surface area contributed by atoms with Crippen molar-refractivity contribution in [3.05, 3.63) is 90.6 Å². The summed E-state index contributed by atoms with van der Waals surface area (Å²) >= 11 is 4.26. The molecule has 30 heavy (non-hydrogen) atoms. The molecule has 0 heterocycles. The lowest BCUT2D eigenvalue weighted by Crippen LogP contribution is -2.13. The summed E-state index contributed by atoms with van der Waals surface area (Å²) in [6.07, 6.45) is 0. The highest BCUT2D eigenvalue weighted by Gasteiger charge is 2.19. The van der Waals surface area contributed by atoms with Crippen LogP contribution in [-0.2, 0) is 4.74 Å². The molecular weight excluding hydrogens is 614 g/mol. The third-order valence-electron chi connectivity index (χ3n) is 3.93. The van der Waals surface area contributed by atoms with Crippen LogP contribution in [0.2, 0.25) is 0 Å². The first kappa shape index (κ1) is 22.2. The maximum absolute atomic E-state index is 12.4. The van der Waals surface area contributed by atoms with E-state index in [1.54, 1.807) is 48.5 Å². The van der Waals surface area contributed by atoms with Crippen LogP contribution in [0.1, 0.15) is 31.1 Å². The van der Waals surface area contributed by atoms with Crippen molar-refractivity contribution in [1.29, 1.82) is 0 Å². The summed E-state index contributed by atoms with van der Waals surface area (Å²) in [7, 11) is 1.21. The molecule has 0 fully saturated rings. The first-order chi connectivity index (χ1) is 14.4. The lowest BCUT2D eigenvalue weighted by atomic mass is 10.1. The second-order valence-corrected chi connectivity index (χ2v) is 8.43. The van der Waals surface area contributed by atoms with Crippen LogP contribution in [0.15, 0.2) is 66.7 Å². The van der Waals surface area contributed by atoms with Crippen LogP contribution in [0.3, 0.4) is 0 Å². The average Bonchev–Trinajstić information content (AvgIpc) is 2.75. The molecule has 0 N–H and O–H groups in total. The van der Waals surface area contributed by atoms with Gasteiger partial charge in [-0.2, -0.15) is 0 Å². The summed E-state index contributed by atoms with van der Waals surface area (Å²) in [4.78, 5) is 36.9. The number of ether oxygens (including phenoxy) is 3. The number of methoxy groups -OCH3 is 1. The van der Waals surface area contributed by atoms with E-state index in [-0.39, 0.29) is 17.1 Å². The molecule has 0 saturated carbocycles. The van der Waals surface area contributed by atoms with Crippen molar-refractivity contribution in [3.8, 4) is 11.5 Å². The normalized spacial score (nSPS) is 10.2. The van der Waals surface area contributed by atoms with Crippen molar-refractivity contribution in [3.63, 3.8) is 0 Å². The Morgan fingerprint density at radius 2 is 1.17 bits per heavy atom. The standard InChI is InChI=1S/C22H14I2O6/c1-28-22(27)18-12-17(29-20(25)13-2-6-15(23)7-3-13)10-11-19(18)30-21(26)14-4-8-16(24)9-5-14/h2-12H,1H3. The molecule has 0 aliphatic carbocycles. The molecule has 0 unspecified atom stereocenters. The van der Waals surface area contributed by atoms with Gasteiger partial charge in [0.1, 0.15) is 17.1 Å². The van der Waals surface area contributed by atoms with Gasteiger partial charge < -0.3 is 14.2 Å². The van der Waals surface area contributed by atoms with Crippen molar-refractivity contribution < 1.29 is 28.6 Å². The zero-order valence-electron chi connectivity index (χ0n) is 15.6. The molecule has 0 aromatic heterocycles. The molecule has 0 aliphatic rings. The molecule has 3 aromatic rings. The van der Waals surface area contributed by atoms with Gasteiger partial charge in [0.2, 0.25) is 0 Å². The van der Waals surface area contributed by atoms with Crippen LogP contribution in [0, 0.1) is 7.14 Å². The quantitative estimate of drug-likeness (QED) is 0.222. The Hall–Kier alpha value is -2.47. The van der Waals surface area contributed by atoms with Gasteiger partial charge in [-0.05, 0) is 112 Å². The third kappa shape index (κ3) is 5.57. The summed E-state index contributed by atoms with van der Waals surface area (Å²) in [5, 5.41) is 0. The minimum absolute atomic E-state index is 0.000496. The summed E-state index contributed by atoms with van der Waals surface area (Å²) in [6, 6.07) is 17.8. The number of esters is 3. The molecule has 0 spiro atoms. The van der Waals surface area contributed by atoms with Gasteiger partial charge >= 0.3 is 17.9 Å². The maximum atomic E-state index is 12.4. The topological polar surface area (TPSA) is 78.9 Å². The number of benzene rings is 3. The smallest absolute Gasteiger partial charge is 0.343 e. The molecule has 152 valence electrons. The Morgan fingerprint density at radius 1 is 0.667 bits per heavy atom. The number of halogens is 2. The number of carbonyl (C=O) groups excluding carboxylic acids is 3. The first-order valence-electron chi connectivity index (χ1n) is 8.55. The summed E-state index contributed by atoms with van der Waals surface area (Å²) in [6.45, 7) is 0. The van der Waals surface area contributed by atoms with Gasteiger partial charge in [-0.1, -0.05) is 0 Å². The Morgan fingerprint density at radius 3 is 1.67 bits per heavy atom. The van der Waals surface area contributed by atoms with E-state index in [0.717, 1.165) is 7.14 Å². The van der Waals surface area contributed by atoms with Crippen LogP contribution in [0.5, 0.6) is 11.5 Å². The first-order valence-corrected chi connectivity index (χ1v) is 10.7. The monoisotopic (exact) mass is 628 g/mol. The van der Waals surface area contributed by atoms with E-state index in [2.05, 4.69) is 45.2 Å². The van der Waals surface area contributed by atoms with Gasteiger partial charge in [-0.3, -0.25) is 0 Å². The molecule has 6 nitrogen and oxygen atoms in total. The third-order valence-corrected chi connectivity index (χ3v) is 5.37. The van der Waals surface area contributed by atoms with Crippen LogP contribution >= 0.6 is 45.2 Å². The predicted molar refractivity (Wildman–Crippen MR) is 126 cm³/mol. The lowest BCUT2D eigenvalue weighted by Gasteiger charge is -2.11. The van der Waals surface area contributed by atoms with Crippen molar-refractivity contribution in [2.24, 2.45) is 0 Å². The van der Waals surface area contributed by atoms with E-state index in [1.165, 1.54) is 25.3 Å². The van der Waals surface area contributed by atoms with Gasteiger partial charge in [0.25, 0.3) is 0 Å². The molecule has 0 amide bonds. The molecule has 0 radical (unpaired) electrons. The molecule has 8 heteroatoms. The van der Waals surface area contributed by atoms with E-state index in [9.17, 15) is 14.4 Å². The SMILES string of the molecule is COC(=O)c1cc(OC(=O)c2ccc(I)cc2)ccc1OC(=O)c1ccc(I)cc1. The molecule has 3 rings (SSSR count). The van der Waals surface area contributed by atoms with Crippen molar-refractivity contribution in [1.82, 2.24) is 0 Å². The van der Waals surface area contributed by atoms with Gasteiger partial charge in [0.15, 0.2) is 0 Å². The molecular formula is C22H14I2O6. The van der Waals surface area contributed by atoms with E-state index >= 15 is 0 Å². The molecule has 0 bridgehead atoms. The Kier molecular flexibility index (Phi) is 7.43. The summed E-state index contributed by atoms with van der Waals surface area (Å²) in [5.74, 6) is -1.81. The zero-order chi connectivity index (χ0) is 21.7. The second kappa shape index (κ2) is 10.0. The fourth-order valence-electron chi connectivity index (χ4n) is 2.43.